The van der Waals surface area contributed by atoms with Crippen molar-refractivity contribution in [1.82, 2.24) is 20.0 Å². The Kier molecular flexibility index (Phi) is 8.98. The molecule has 7 nitrogen and oxygen atoms in total. The number of benzene rings is 1. The third-order valence-electron chi connectivity index (χ3n) is 3.49. The summed E-state index contributed by atoms with van der Waals surface area (Å²) in [4.78, 5) is 14.3. The zero-order valence-corrected chi connectivity index (χ0v) is 15.6. The van der Waals surface area contributed by atoms with Gasteiger partial charge in [0, 0.05) is 27.2 Å². The Morgan fingerprint density at radius 3 is 2.64 bits per heavy atom. The Morgan fingerprint density at radius 1 is 1.28 bits per heavy atom. The second-order valence-electron chi connectivity index (χ2n) is 5.29. The minimum absolute atomic E-state index is 0. The van der Waals surface area contributed by atoms with Gasteiger partial charge in [-0.3, -0.25) is 4.79 Å². The molecule has 2 aromatic rings. The van der Waals surface area contributed by atoms with Crippen molar-refractivity contribution in [2.45, 2.75) is 0 Å². The van der Waals surface area contributed by atoms with Crippen molar-refractivity contribution in [3.05, 3.63) is 42.2 Å². The number of amides is 1. The first-order chi connectivity index (χ1) is 11.7. The van der Waals surface area contributed by atoms with Gasteiger partial charge in [0.15, 0.2) is 11.4 Å². The fourth-order valence-corrected chi connectivity index (χ4v) is 2.12. The van der Waals surface area contributed by atoms with E-state index in [1.165, 1.54) is 0 Å². The molecule has 8 heteroatoms. The number of aromatic nitrogens is 2. The normalized spacial score (nSPS) is 10.2. The summed E-state index contributed by atoms with van der Waals surface area (Å²) in [5.41, 5.74) is 1.17. The zero-order valence-electron chi connectivity index (χ0n) is 14.8. The lowest BCUT2D eigenvalue weighted by atomic mass is 10.3. The number of nitrogens with zero attached hydrogens (tertiary/aromatic N) is 3. The van der Waals surface area contributed by atoms with Crippen molar-refractivity contribution < 1.29 is 14.3 Å². The van der Waals surface area contributed by atoms with Crippen LogP contribution in [-0.2, 0) is 4.74 Å². The van der Waals surface area contributed by atoms with Gasteiger partial charge >= 0.3 is 0 Å². The second-order valence-corrected chi connectivity index (χ2v) is 5.29. The van der Waals surface area contributed by atoms with E-state index in [1.54, 1.807) is 29.9 Å². The Hall–Kier alpha value is -2.09. The van der Waals surface area contributed by atoms with Gasteiger partial charge in [0.05, 0.1) is 18.5 Å². The molecule has 0 spiro atoms. The first kappa shape index (κ1) is 21.0. The maximum atomic E-state index is 12.7. The highest BCUT2D eigenvalue weighted by molar-refractivity contribution is 5.94. The molecule has 0 bridgehead atoms. The molecule has 1 N–H and O–H groups in total. The number of ether oxygens (including phenoxy) is 2. The zero-order chi connectivity index (χ0) is 17.4. The fourth-order valence-electron chi connectivity index (χ4n) is 2.12. The van der Waals surface area contributed by atoms with Gasteiger partial charge in [-0.25, -0.2) is 4.68 Å². The Labute approximate surface area is 154 Å². The number of hydrogen-bond acceptors (Lipinski definition) is 5. The molecule has 0 saturated heterocycles. The predicted molar refractivity (Wildman–Crippen MR) is 99.1 cm³/mol. The van der Waals surface area contributed by atoms with E-state index in [-0.39, 0.29) is 18.3 Å². The standard InChI is InChI=1S/C17H24N4O3.ClH/c1-18-9-10-20(2)17(22)16-15(24-12-11-23-3)13-21(19-16)14-7-5-4-6-8-14;/h4-8,13,18H,9-12H2,1-3H3;1H. The van der Waals surface area contributed by atoms with E-state index in [9.17, 15) is 4.79 Å². The van der Waals surface area contributed by atoms with Gasteiger partial charge in [-0.2, -0.15) is 5.10 Å². The minimum atomic E-state index is -0.174. The number of methoxy groups -OCH3 is 1. The van der Waals surface area contributed by atoms with Gasteiger partial charge in [0.1, 0.15) is 6.61 Å². The molecular formula is C17H25ClN4O3. The molecule has 1 aromatic carbocycles. The van der Waals surface area contributed by atoms with Crippen LogP contribution in [0.15, 0.2) is 36.5 Å². The minimum Gasteiger partial charge on any atom is -0.487 e. The van der Waals surface area contributed by atoms with Crippen LogP contribution in [-0.4, -0.2) is 68.1 Å². The molecule has 0 aliphatic carbocycles. The smallest absolute Gasteiger partial charge is 0.278 e. The maximum Gasteiger partial charge on any atom is 0.278 e. The molecule has 25 heavy (non-hydrogen) atoms. The first-order valence-corrected chi connectivity index (χ1v) is 7.84. The molecule has 1 aromatic heterocycles. The van der Waals surface area contributed by atoms with Crippen LogP contribution in [0.1, 0.15) is 10.5 Å². The van der Waals surface area contributed by atoms with Crippen molar-refractivity contribution in [3.8, 4) is 11.4 Å². The summed E-state index contributed by atoms with van der Waals surface area (Å²) in [5, 5.41) is 7.45. The Morgan fingerprint density at radius 2 is 2.00 bits per heavy atom. The summed E-state index contributed by atoms with van der Waals surface area (Å²) in [6.45, 7) is 2.10. The van der Waals surface area contributed by atoms with Crippen LogP contribution in [0.3, 0.4) is 0 Å². The Bertz CT molecular complexity index is 649. The largest absolute Gasteiger partial charge is 0.487 e. The van der Waals surface area contributed by atoms with E-state index in [4.69, 9.17) is 9.47 Å². The topological polar surface area (TPSA) is 68.6 Å². The van der Waals surface area contributed by atoms with E-state index in [2.05, 4.69) is 10.4 Å². The summed E-state index contributed by atoms with van der Waals surface area (Å²) < 4.78 is 12.3. The molecule has 2 rings (SSSR count). The van der Waals surface area contributed by atoms with E-state index in [1.807, 2.05) is 37.4 Å². The average Bonchev–Trinajstić information content (AvgIpc) is 3.04. The van der Waals surface area contributed by atoms with Crippen molar-refractivity contribution in [1.29, 1.82) is 0 Å². The van der Waals surface area contributed by atoms with Crippen molar-refractivity contribution in [2.75, 3.05) is 47.5 Å². The highest BCUT2D eigenvalue weighted by Gasteiger charge is 2.22. The van der Waals surface area contributed by atoms with Crippen molar-refractivity contribution in [2.24, 2.45) is 0 Å². The summed E-state index contributed by atoms with van der Waals surface area (Å²) in [6.07, 6.45) is 1.73. The summed E-state index contributed by atoms with van der Waals surface area (Å²) in [7, 11) is 5.20. The molecule has 0 fully saturated rings. The molecule has 0 saturated carbocycles. The van der Waals surface area contributed by atoms with E-state index >= 15 is 0 Å². The number of carbonyl (C=O) groups is 1. The monoisotopic (exact) mass is 368 g/mol. The van der Waals surface area contributed by atoms with Gasteiger partial charge in [-0.1, -0.05) is 18.2 Å². The molecule has 0 aliphatic rings. The van der Waals surface area contributed by atoms with Crippen molar-refractivity contribution >= 4 is 18.3 Å². The van der Waals surface area contributed by atoms with E-state index in [0.29, 0.717) is 37.7 Å². The van der Waals surface area contributed by atoms with Crippen LogP contribution in [0, 0.1) is 0 Å². The molecule has 138 valence electrons. The van der Waals surface area contributed by atoms with Gasteiger partial charge in [0.2, 0.25) is 0 Å². The lowest BCUT2D eigenvalue weighted by molar-refractivity contribution is 0.0783. The van der Waals surface area contributed by atoms with Crippen LogP contribution < -0.4 is 10.1 Å². The number of likely N-dealkylation sites (N-methyl/N-ethyl adjacent to an activating group) is 2. The molecule has 0 aliphatic heterocycles. The molecule has 0 atom stereocenters. The molecule has 1 amide bonds. The van der Waals surface area contributed by atoms with Crippen molar-refractivity contribution in [3.63, 3.8) is 0 Å². The quantitative estimate of drug-likeness (QED) is 0.681. The summed E-state index contributed by atoms with van der Waals surface area (Å²) in [5.74, 6) is 0.282. The SMILES string of the molecule is CNCCN(C)C(=O)c1nn(-c2ccccc2)cc1OCCOC.Cl. The van der Waals surface area contributed by atoms with E-state index < -0.39 is 0 Å². The van der Waals surface area contributed by atoms with Crippen LogP contribution in [0.2, 0.25) is 0 Å². The highest BCUT2D eigenvalue weighted by Crippen LogP contribution is 2.21. The number of halogens is 1. The lowest BCUT2D eigenvalue weighted by Crippen LogP contribution is -2.33. The number of para-hydroxylation sites is 1. The average molecular weight is 369 g/mol. The van der Waals surface area contributed by atoms with Crippen LogP contribution in [0.5, 0.6) is 5.75 Å². The molecule has 0 radical (unpaired) electrons. The van der Waals surface area contributed by atoms with Crippen LogP contribution in [0.25, 0.3) is 5.69 Å². The van der Waals surface area contributed by atoms with Gasteiger partial charge in [-0.15, -0.1) is 12.4 Å². The second kappa shape index (κ2) is 10.7. The summed E-state index contributed by atoms with van der Waals surface area (Å²) >= 11 is 0. The number of hydrogen-bond donors (Lipinski definition) is 1. The van der Waals surface area contributed by atoms with E-state index in [0.717, 1.165) is 5.69 Å². The molecule has 1 heterocycles. The first-order valence-electron chi connectivity index (χ1n) is 7.84. The molecule has 0 unspecified atom stereocenters. The lowest BCUT2D eigenvalue weighted by Gasteiger charge is -2.16. The maximum absolute atomic E-state index is 12.7. The highest BCUT2D eigenvalue weighted by atomic mass is 35.5. The predicted octanol–water partition coefficient (Wildman–Crippen LogP) is 1.61. The third kappa shape index (κ3) is 5.74. The number of nitrogens with one attached hydrogen (secondary N) is 1. The van der Waals surface area contributed by atoms with Crippen LogP contribution >= 0.6 is 12.4 Å². The van der Waals surface area contributed by atoms with Crippen LogP contribution in [0.4, 0.5) is 0 Å². The summed E-state index contributed by atoms with van der Waals surface area (Å²) in [6, 6.07) is 9.61. The number of carbonyl (C=O) groups excluding carboxylic acids is 1. The van der Waals surface area contributed by atoms with Gasteiger partial charge < -0.3 is 19.7 Å². The Balaban J connectivity index is 0.00000312. The van der Waals surface area contributed by atoms with Gasteiger partial charge in [-0.05, 0) is 19.2 Å². The van der Waals surface area contributed by atoms with Gasteiger partial charge in [0.25, 0.3) is 5.91 Å². The fraction of sp³-hybridized carbons (Fsp3) is 0.412. The third-order valence-corrected chi connectivity index (χ3v) is 3.49. The number of rotatable bonds is 9. The molecular weight excluding hydrogens is 344 g/mol.